The standard InChI is InChI=1S/C17H15BrClNO2/c1-3-8-22-17-15(19)9-12(10-16(17)21-2)11-20-14-6-4-13(18)5-7-14/h1,4-7,9-10,20H,8,11H2,2H3. The van der Waals surface area contributed by atoms with Crippen molar-refractivity contribution in [3.05, 3.63) is 51.5 Å². The van der Waals surface area contributed by atoms with E-state index in [4.69, 9.17) is 27.5 Å². The monoisotopic (exact) mass is 379 g/mol. The molecule has 22 heavy (non-hydrogen) atoms. The highest BCUT2D eigenvalue weighted by Crippen LogP contribution is 2.36. The minimum atomic E-state index is 0.145. The van der Waals surface area contributed by atoms with Crippen molar-refractivity contribution in [1.82, 2.24) is 0 Å². The van der Waals surface area contributed by atoms with Gasteiger partial charge in [-0.2, -0.15) is 0 Å². The smallest absolute Gasteiger partial charge is 0.181 e. The van der Waals surface area contributed by atoms with Crippen molar-refractivity contribution in [2.45, 2.75) is 6.54 Å². The normalized spacial score (nSPS) is 9.91. The minimum absolute atomic E-state index is 0.145. The molecule has 2 aromatic rings. The van der Waals surface area contributed by atoms with E-state index < -0.39 is 0 Å². The third-order valence-electron chi connectivity index (χ3n) is 2.93. The fourth-order valence-corrected chi connectivity index (χ4v) is 2.45. The Balaban J connectivity index is 2.13. The summed E-state index contributed by atoms with van der Waals surface area (Å²) in [6, 6.07) is 11.7. The second-order valence-electron chi connectivity index (χ2n) is 4.46. The molecule has 0 bridgehead atoms. The zero-order valence-corrected chi connectivity index (χ0v) is 14.4. The Kier molecular flexibility index (Phi) is 6.00. The van der Waals surface area contributed by atoms with Crippen molar-refractivity contribution >= 4 is 33.2 Å². The summed E-state index contributed by atoms with van der Waals surface area (Å²) >= 11 is 9.65. The van der Waals surface area contributed by atoms with Crippen LogP contribution < -0.4 is 14.8 Å². The second kappa shape index (κ2) is 7.98. The molecule has 1 N–H and O–H groups in total. The quantitative estimate of drug-likeness (QED) is 0.735. The molecular formula is C17H15BrClNO2. The van der Waals surface area contributed by atoms with Crippen LogP contribution in [-0.4, -0.2) is 13.7 Å². The first-order valence-electron chi connectivity index (χ1n) is 6.56. The van der Waals surface area contributed by atoms with E-state index >= 15 is 0 Å². The van der Waals surface area contributed by atoms with Gasteiger partial charge < -0.3 is 14.8 Å². The maximum atomic E-state index is 6.24. The Labute approximate surface area is 143 Å². The summed E-state index contributed by atoms with van der Waals surface area (Å²) in [6.45, 7) is 0.764. The summed E-state index contributed by atoms with van der Waals surface area (Å²) in [5.41, 5.74) is 2.00. The molecule has 0 aliphatic carbocycles. The molecule has 0 radical (unpaired) electrons. The third-order valence-corrected chi connectivity index (χ3v) is 3.74. The van der Waals surface area contributed by atoms with E-state index in [-0.39, 0.29) is 6.61 Å². The highest BCUT2D eigenvalue weighted by atomic mass is 79.9. The zero-order valence-electron chi connectivity index (χ0n) is 12.0. The van der Waals surface area contributed by atoms with Crippen LogP contribution in [0.4, 0.5) is 5.69 Å². The van der Waals surface area contributed by atoms with Crippen molar-refractivity contribution in [2.24, 2.45) is 0 Å². The number of hydrogen-bond donors (Lipinski definition) is 1. The molecular weight excluding hydrogens is 366 g/mol. The van der Waals surface area contributed by atoms with Crippen LogP contribution in [0.5, 0.6) is 11.5 Å². The lowest BCUT2D eigenvalue weighted by Gasteiger charge is -2.13. The first kappa shape index (κ1) is 16.5. The molecule has 5 heteroatoms. The maximum Gasteiger partial charge on any atom is 0.181 e. The number of ether oxygens (including phenoxy) is 2. The highest BCUT2D eigenvalue weighted by molar-refractivity contribution is 9.10. The largest absolute Gasteiger partial charge is 0.493 e. The molecule has 0 unspecified atom stereocenters. The number of anilines is 1. The van der Waals surface area contributed by atoms with E-state index in [1.54, 1.807) is 7.11 Å². The van der Waals surface area contributed by atoms with E-state index in [9.17, 15) is 0 Å². The Hall–Kier alpha value is -1.83. The molecule has 0 aromatic heterocycles. The molecule has 0 fully saturated rings. The lowest BCUT2D eigenvalue weighted by Crippen LogP contribution is -2.02. The van der Waals surface area contributed by atoms with E-state index in [1.807, 2.05) is 36.4 Å². The van der Waals surface area contributed by atoms with Crippen LogP contribution in [0.1, 0.15) is 5.56 Å². The van der Waals surface area contributed by atoms with Gasteiger partial charge in [-0.1, -0.05) is 33.5 Å². The van der Waals surface area contributed by atoms with E-state index in [0.717, 1.165) is 15.7 Å². The summed E-state index contributed by atoms with van der Waals surface area (Å²) in [7, 11) is 1.57. The van der Waals surface area contributed by atoms with Gasteiger partial charge >= 0.3 is 0 Å². The van der Waals surface area contributed by atoms with Gasteiger partial charge in [0.15, 0.2) is 11.5 Å². The Morgan fingerprint density at radius 1 is 1.27 bits per heavy atom. The van der Waals surface area contributed by atoms with Crippen LogP contribution in [0.15, 0.2) is 40.9 Å². The van der Waals surface area contributed by atoms with Gasteiger partial charge in [0, 0.05) is 16.7 Å². The molecule has 0 amide bonds. The van der Waals surface area contributed by atoms with E-state index in [0.29, 0.717) is 23.1 Å². The number of halogens is 2. The fraction of sp³-hybridized carbons (Fsp3) is 0.176. The van der Waals surface area contributed by atoms with Crippen molar-refractivity contribution < 1.29 is 9.47 Å². The van der Waals surface area contributed by atoms with Crippen LogP contribution in [0.2, 0.25) is 5.02 Å². The Morgan fingerprint density at radius 3 is 2.64 bits per heavy atom. The third kappa shape index (κ3) is 4.33. The molecule has 0 aliphatic rings. The molecule has 0 heterocycles. The van der Waals surface area contributed by atoms with Crippen molar-refractivity contribution in [3.8, 4) is 23.8 Å². The van der Waals surface area contributed by atoms with Crippen LogP contribution in [0.3, 0.4) is 0 Å². The van der Waals surface area contributed by atoms with E-state index in [2.05, 4.69) is 27.2 Å². The fourth-order valence-electron chi connectivity index (χ4n) is 1.90. The van der Waals surface area contributed by atoms with Crippen LogP contribution >= 0.6 is 27.5 Å². The van der Waals surface area contributed by atoms with Crippen molar-refractivity contribution in [3.63, 3.8) is 0 Å². The summed E-state index contributed by atoms with van der Waals surface area (Å²) in [4.78, 5) is 0. The lowest BCUT2D eigenvalue weighted by atomic mass is 10.2. The zero-order chi connectivity index (χ0) is 15.9. The van der Waals surface area contributed by atoms with Crippen molar-refractivity contribution in [2.75, 3.05) is 19.0 Å². The van der Waals surface area contributed by atoms with Gasteiger partial charge in [-0.25, -0.2) is 0 Å². The van der Waals surface area contributed by atoms with Gasteiger partial charge in [0.25, 0.3) is 0 Å². The summed E-state index contributed by atoms with van der Waals surface area (Å²) < 4.78 is 11.8. The molecule has 0 saturated heterocycles. The summed E-state index contributed by atoms with van der Waals surface area (Å²) in [5, 5.41) is 3.80. The molecule has 2 aromatic carbocycles. The second-order valence-corrected chi connectivity index (χ2v) is 5.79. The number of terminal acetylenes is 1. The molecule has 2 rings (SSSR count). The van der Waals surface area contributed by atoms with Gasteiger partial charge in [-0.3, -0.25) is 0 Å². The highest BCUT2D eigenvalue weighted by Gasteiger charge is 2.11. The SMILES string of the molecule is C#CCOc1c(Cl)cc(CNc2ccc(Br)cc2)cc1OC. The predicted molar refractivity (Wildman–Crippen MR) is 93.8 cm³/mol. The number of nitrogens with one attached hydrogen (secondary N) is 1. The van der Waals surface area contributed by atoms with Crippen molar-refractivity contribution in [1.29, 1.82) is 0 Å². The summed E-state index contributed by atoms with van der Waals surface area (Å²) in [6.07, 6.45) is 5.20. The average molecular weight is 381 g/mol. The topological polar surface area (TPSA) is 30.5 Å². The predicted octanol–water partition coefficient (Wildman–Crippen LogP) is 4.74. The number of rotatable bonds is 6. The number of methoxy groups -OCH3 is 1. The van der Waals surface area contributed by atoms with Gasteiger partial charge in [0.05, 0.1) is 12.1 Å². The van der Waals surface area contributed by atoms with Gasteiger partial charge in [0.1, 0.15) is 6.61 Å². The van der Waals surface area contributed by atoms with Gasteiger partial charge in [0.2, 0.25) is 0 Å². The maximum absolute atomic E-state index is 6.24. The lowest BCUT2D eigenvalue weighted by molar-refractivity contribution is 0.331. The molecule has 3 nitrogen and oxygen atoms in total. The summed E-state index contributed by atoms with van der Waals surface area (Å²) in [5.74, 6) is 3.44. The molecule has 114 valence electrons. The van der Waals surface area contributed by atoms with Crippen LogP contribution in [-0.2, 0) is 6.54 Å². The number of hydrogen-bond acceptors (Lipinski definition) is 3. The first-order valence-corrected chi connectivity index (χ1v) is 7.73. The Morgan fingerprint density at radius 2 is 2.00 bits per heavy atom. The molecule has 0 saturated carbocycles. The van der Waals surface area contributed by atoms with Crippen LogP contribution in [0, 0.1) is 12.3 Å². The first-order chi connectivity index (χ1) is 10.6. The molecule has 0 spiro atoms. The van der Waals surface area contributed by atoms with Gasteiger partial charge in [-0.15, -0.1) is 6.42 Å². The molecule has 0 aliphatic heterocycles. The van der Waals surface area contributed by atoms with Crippen LogP contribution in [0.25, 0.3) is 0 Å². The average Bonchev–Trinajstić information content (AvgIpc) is 2.53. The minimum Gasteiger partial charge on any atom is -0.493 e. The Bertz CT molecular complexity index is 680. The number of benzene rings is 2. The molecule has 0 atom stereocenters. The van der Waals surface area contributed by atoms with E-state index in [1.165, 1.54) is 0 Å². The van der Waals surface area contributed by atoms with Gasteiger partial charge in [-0.05, 0) is 42.0 Å².